The summed E-state index contributed by atoms with van der Waals surface area (Å²) in [4.78, 5) is 3.26. The van der Waals surface area contributed by atoms with E-state index in [4.69, 9.17) is 23.2 Å². The molecule has 7 heteroatoms. The van der Waals surface area contributed by atoms with Crippen LogP contribution in [0.3, 0.4) is 0 Å². The zero-order chi connectivity index (χ0) is 18.6. The average Bonchev–Trinajstić information content (AvgIpc) is 2.63. The molecule has 1 saturated heterocycles. The van der Waals surface area contributed by atoms with Gasteiger partial charge >= 0.3 is 0 Å². The highest BCUT2D eigenvalue weighted by atomic mass is 35.5. The molecule has 1 aliphatic rings. The van der Waals surface area contributed by atoms with E-state index in [2.05, 4.69) is 12.1 Å². The van der Waals surface area contributed by atoms with Crippen LogP contribution in [0.15, 0.2) is 53.4 Å². The summed E-state index contributed by atoms with van der Waals surface area (Å²) in [7, 11) is -3.24. The number of hydrogen-bond donors (Lipinski definition) is 2. The molecule has 1 aliphatic heterocycles. The Morgan fingerprint density at radius 2 is 1.27 bits per heavy atom. The first-order valence-corrected chi connectivity index (χ1v) is 11.2. The Balaban J connectivity index is 1.46. The van der Waals surface area contributed by atoms with E-state index in [0.717, 1.165) is 37.7 Å². The number of quaternary nitrogens is 2. The van der Waals surface area contributed by atoms with Crippen LogP contribution < -0.4 is 9.80 Å². The van der Waals surface area contributed by atoms with Gasteiger partial charge in [0.2, 0.25) is 0 Å². The Hall–Kier alpha value is -1.11. The fraction of sp³-hybridized carbons (Fsp3) is 0.368. The van der Waals surface area contributed by atoms with Crippen molar-refractivity contribution in [3.63, 3.8) is 0 Å². The average molecular weight is 415 g/mol. The second-order valence-corrected chi connectivity index (χ2v) is 9.81. The first-order chi connectivity index (χ1) is 12.4. The highest BCUT2D eigenvalue weighted by Gasteiger charge is 2.25. The van der Waals surface area contributed by atoms with Crippen molar-refractivity contribution in [3.8, 4) is 0 Å². The van der Waals surface area contributed by atoms with Gasteiger partial charge in [-0.1, -0.05) is 35.3 Å². The van der Waals surface area contributed by atoms with Crippen molar-refractivity contribution in [1.29, 1.82) is 0 Å². The Morgan fingerprint density at radius 1 is 0.769 bits per heavy atom. The Labute approximate surface area is 165 Å². The van der Waals surface area contributed by atoms with Crippen molar-refractivity contribution in [2.75, 3.05) is 38.5 Å². The third-order valence-electron chi connectivity index (χ3n) is 4.93. The number of nitrogens with one attached hydrogen (secondary N) is 2. The fourth-order valence-corrected chi connectivity index (χ4v) is 4.91. The smallest absolute Gasteiger partial charge is 0.183 e. The van der Waals surface area contributed by atoms with Gasteiger partial charge in [0.05, 0.1) is 11.4 Å². The van der Waals surface area contributed by atoms with Gasteiger partial charge in [-0.05, 0) is 36.4 Å². The number of hydrogen-bond acceptors (Lipinski definition) is 2. The molecule has 1 heterocycles. The lowest BCUT2D eigenvalue weighted by Crippen LogP contribution is -3.27. The van der Waals surface area contributed by atoms with E-state index in [1.807, 2.05) is 12.1 Å². The quantitative estimate of drug-likeness (QED) is 0.732. The standard InChI is InChI=1S/C19H22Cl2N2O2S/c20-17-3-1-16(2-4-17)15-23-11-9-22(10-12-23)13-14-26(24,25)19-7-5-18(21)6-8-19/h1-8H,9-15H2/p+2. The summed E-state index contributed by atoms with van der Waals surface area (Å²) >= 11 is 11.8. The molecular formula is C19H24Cl2N2O2S+2. The largest absolute Gasteiger partial charge is 0.325 e. The zero-order valence-electron chi connectivity index (χ0n) is 14.5. The van der Waals surface area contributed by atoms with E-state index in [9.17, 15) is 8.42 Å². The van der Waals surface area contributed by atoms with Gasteiger partial charge in [0, 0.05) is 15.6 Å². The monoisotopic (exact) mass is 414 g/mol. The molecule has 4 nitrogen and oxygen atoms in total. The van der Waals surface area contributed by atoms with Crippen LogP contribution in [0.25, 0.3) is 0 Å². The van der Waals surface area contributed by atoms with E-state index in [0.29, 0.717) is 16.5 Å². The molecule has 2 aromatic carbocycles. The maximum atomic E-state index is 12.4. The number of halogens is 2. The minimum atomic E-state index is -3.24. The number of rotatable bonds is 6. The lowest BCUT2D eigenvalue weighted by molar-refractivity contribution is -1.02. The van der Waals surface area contributed by atoms with Gasteiger partial charge in [-0.15, -0.1) is 0 Å². The van der Waals surface area contributed by atoms with Crippen LogP contribution in [0.2, 0.25) is 10.0 Å². The van der Waals surface area contributed by atoms with E-state index in [1.54, 1.807) is 24.3 Å². The summed E-state index contributed by atoms with van der Waals surface area (Å²) in [5, 5.41) is 1.31. The maximum absolute atomic E-state index is 12.4. The molecule has 2 aromatic rings. The SMILES string of the molecule is O=S(=O)(CC[NH+]1CC[NH+](Cc2ccc(Cl)cc2)CC1)c1ccc(Cl)cc1. The number of sulfone groups is 1. The minimum absolute atomic E-state index is 0.177. The predicted molar refractivity (Wildman–Crippen MR) is 105 cm³/mol. The second kappa shape index (κ2) is 8.72. The molecule has 1 fully saturated rings. The normalized spacial score (nSPS) is 20.8. The lowest BCUT2D eigenvalue weighted by atomic mass is 10.2. The molecule has 0 spiro atoms. The first kappa shape index (κ1) is 19.6. The summed E-state index contributed by atoms with van der Waals surface area (Å²) < 4.78 is 24.9. The highest BCUT2D eigenvalue weighted by Crippen LogP contribution is 2.14. The van der Waals surface area contributed by atoms with Crippen molar-refractivity contribution >= 4 is 33.0 Å². The molecule has 26 heavy (non-hydrogen) atoms. The van der Waals surface area contributed by atoms with Crippen LogP contribution in [0.5, 0.6) is 0 Å². The topological polar surface area (TPSA) is 43.0 Å². The van der Waals surface area contributed by atoms with Gasteiger partial charge in [-0.25, -0.2) is 8.42 Å². The summed E-state index contributed by atoms with van der Waals surface area (Å²) in [5.41, 5.74) is 1.29. The summed E-state index contributed by atoms with van der Waals surface area (Å²) in [6, 6.07) is 14.4. The van der Waals surface area contributed by atoms with Crippen LogP contribution in [0, 0.1) is 0 Å². The third-order valence-corrected chi connectivity index (χ3v) is 7.16. The van der Waals surface area contributed by atoms with Crippen LogP contribution in [-0.4, -0.2) is 46.9 Å². The molecule has 0 aliphatic carbocycles. The maximum Gasteiger partial charge on any atom is 0.183 e. The first-order valence-electron chi connectivity index (χ1n) is 8.82. The van der Waals surface area contributed by atoms with Crippen molar-refractivity contribution in [3.05, 3.63) is 64.1 Å². The van der Waals surface area contributed by atoms with Crippen molar-refractivity contribution < 1.29 is 18.2 Å². The van der Waals surface area contributed by atoms with Crippen molar-refractivity contribution in [2.45, 2.75) is 11.4 Å². The number of benzene rings is 2. The molecule has 0 bridgehead atoms. The van der Waals surface area contributed by atoms with Gasteiger partial charge in [0.15, 0.2) is 9.84 Å². The van der Waals surface area contributed by atoms with Crippen LogP contribution in [0.1, 0.15) is 5.56 Å². The Morgan fingerprint density at radius 3 is 1.85 bits per heavy atom. The molecule has 0 radical (unpaired) electrons. The summed E-state index contributed by atoms with van der Waals surface area (Å²) in [6.07, 6.45) is 0. The summed E-state index contributed by atoms with van der Waals surface area (Å²) in [6.45, 7) is 5.75. The van der Waals surface area contributed by atoms with Gasteiger partial charge < -0.3 is 9.80 Å². The van der Waals surface area contributed by atoms with E-state index in [-0.39, 0.29) is 5.75 Å². The van der Waals surface area contributed by atoms with Crippen molar-refractivity contribution in [1.82, 2.24) is 0 Å². The van der Waals surface area contributed by atoms with E-state index in [1.165, 1.54) is 15.4 Å². The zero-order valence-corrected chi connectivity index (χ0v) is 16.9. The molecule has 140 valence electrons. The molecule has 2 N–H and O–H groups in total. The van der Waals surface area contributed by atoms with Crippen molar-refractivity contribution in [2.24, 2.45) is 0 Å². The molecule has 0 atom stereocenters. The molecule has 3 rings (SSSR count). The lowest BCUT2D eigenvalue weighted by Gasteiger charge is -2.29. The van der Waals surface area contributed by atoms with E-state index < -0.39 is 9.84 Å². The highest BCUT2D eigenvalue weighted by molar-refractivity contribution is 7.91. The summed E-state index contributed by atoms with van der Waals surface area (Å²) in [5.74, 6) is 0.177. The van der Waals surface area contributed by atoms with Crippen LogP contribution in [-0.2, 0) is 16.4 Å². The Kier molecular flexibility index (Phi) is 6.59. The molecule has 0 aromatic heterocycles. The molecule has 0 saturated carbocycles. The minimum Gasteiger partial charge on any atom is -0.325 e. The molecular weight excluding hydrogens is 391 g/mol. The third kappa shape index (κ3) is 5.44. The van der Waals surface area contributed by atoms with Crippen LogP contribution >= 0.6 is 23.2 Å². The Bertz CT molecular complexity index is 816. The molecule has 0 unspecified atom stereocenters. The molecule has 0 amide bonds. The second-order valence-electron chi connectivity index (χ2n) is 6.83. The van der Waals surface area contributed by atoms with Gasteiger partial charge in [0.25, 0.3) is 0 Å². The number of piperazine rings is 1. The van der Waals surface area contributed by atoms with Crippen LogP contribution in [0.4, 0.5) is 0 Å². The predicted octanol–water partition coefficient (Wildman–Crippen LogP) is 0.751. The van der Waals surface area contributed by atoms with Gasteiger partial charge in [0.1, 0.15) is 38.5 Å². The van der Waals surface area contributed by atoms with E-state index >= 15 is 0 Å². The van der Waals surface area contributed by atoms with Gasteiger partial charge in [-0.3, -0.25) is 0 Å². The van der Waals surface area contributed by atoms with Gasteiger partial charge in [-0.2, -0.15) is 0 Å². The fourth-order valence-electron chi connectivity index (χ4n) is 3.31.